The highest BCUT2D eigenvalue weighted by Gasteiger charge is 2.34. The van der Waals surface area contributed by atoms with Gasteiger partial charge in [0, 0.05) is 23.2 Å². The van der Waals surface area contributed by atoms with Gasteiger partial charge in [0.15, 0.2) is 0 Å². The van der Waals surface area contributed by atoms with E-state index in [-0.39, 0.29) is 10.4 Å². The van der Waals surface area contributed by atoms with Crippen LogP contribution in [-0.2, 0) is 15.8 Å². The lowest BCUT2D eigenvalue weighted by atomic mass is 9.98. The minimum absolute atomic E-state index is 0.0245. The zero-order valence-corrected chi connectivity index (χ0v) is 15.4. The lowest BCUT2D eigenvalue weighted by Gasteiger charge is -2.36. The van der Waals surface area contributed by atoms with Gasteiger partial charge in [-0.1, -0.05) is 15.9 Å². The summed E-state index contributed by atoms with van der Waals surface area (Å²) in [6.07, 6.45) is -4.40. The monoisotopic (exact) mass is 408 g/mol. The van der Waals surface area contributed by atoms with Crippen molar-refractivity contribution in [3.8, 4) is 0 Å². The number of carbonyl (C=O) groups is 1. The van der Waals surface area contributed by atoms with Gasteiger partial charge in [-0.2, -0.15) is 13.2 Å². The molecule has 1 aliphatic rings. The molecule has 0 N–H and O–H groups in total. The van der Waals surface area contributed by atoms with E-state index in [0.717, 1.165) is 6.07 Å². The first-order chi connectivity index (χ1) is 11.0. The summed E-state index contributed by atoms with van der Waals surface area (Å²) >= 11 is 2.94. The molecule has 0 unspecified atom stereocenters. The molecule has 134 valence electrons. The maximum absolute atomic E-state index is 13.0. The largest absolute Gasteiger partial charge is 0.417 e. The molecule has 24 heavy (non-hydrogen) atoms. The Balaban J connectivity index is 2.01. The van der Waals surface area contributed by atoms with Crippen molar-refractivity contribution in [3.05, 3.63) is 28.2 Å². The van der Waals surface area contributed by atoms with Gasteiger partial charge < -0.3 is 9.74 Å². The van der Waals surface area contributed by atoms with Crippen molar-refractivity contribution >= 4 is 27.6 Å². The minimum Gasteiger partial charge on any atom is -0.369 e. The van der Waals surface area contributed by atoms with Gasteiger partial charge in [-0.05, 0) is 39.0 Å². The topological polar surface area (TPSA) is 32.8 Å². The molecule has 0 atom stereocenters. The summed E-state index contributed by atoms with van der Waals surface area (Å²) in [4.78, 5) is 19.0. The molecular formula is C16H20BrF3N2O2. The van der Waals surface area contributed by atoms with Crippen LogP contribution >= 0.6 is 15.9 Å². The second kappa shape index (κ2) is 6.92. The summed E-state index contributed by atoms with van der Waals surface area (Å²) in [5, 5.41) is 1.56. The Kier molecular flexibility index (Phi) is 5.49. The zero-order chi connectivity index (χ0) is 18.1. The standard InChI is InChI=1S/C16H20BrF3N2O2/c1-15(2,3)14(23)24-22-8-6-21(7-9-22)11-4-5-13(17)12(10-11)16(18,19)20/h4-5,10H,6-9H2,1-3H3. The number of rotatable bonds is 2. The van der Waals surface area contributed by atoms with Gasteiger partial charge in [-0.3, -0.25) is 0 Å². The summed E-state index contributed by atoms with van der Waals surface area (Å²) in [6.45, 7) is 7.16. The average molecular weight is 409 g/mol. The number of carbonyl (C=O) groups excluding carboxylic acids is 1. The molecule has 0 saturated carbocycles. The number of hydrogen-bond acceptors (Lipinski definition) is 4. The first kappa shape index (κ1) is 19.1. The third-order valence-electron chi connectivity index (χ3n) is 3.68. The fourth-order valence-electron chi connectivity index (χ4n) is 2.22. The molecule has 1 fully saturated rings. The smallest absolute Gasteiger partial charge is 0.369 e. The Labute approximate surface area is 147 Å². The van der Waals surface area contributed by atoms with Crippen molar-refractivity contribution in [1.29, 1.82) is 0 Å². The summed E-state index contributed by atoms with van der Waals surface area (Å²) in [7, 11) is 0. The van der Waals surface area contributed by atoms with Gasteiger partial charge in [0.2, 0.25) is 0 Å². The predicted molar refractivity (Wildman–Crippen MR) is 88.5 cm³/mol. The van der Waals surface area contributed by atoms with E-state index in [1.54, 1.807) is 31.9 Å². The molecule has 1 saturated heterocycles. The Morgan fingerprint density at radius 3 is 2.21 bits per heavy atom. The molecule has 1 aliphatic heterocycles. The second-order valence-corrected chi connectivity index (χ2v) is 7.56. The Bertz CT molecular complexity index is 606. The van der Waals surface area contributed by atoms with E-state index in [9.17, 15) is 18.0 Å². The van der Waals surface area contributed by atoms with Crippen LogP contribution in [0.3, 0.4) is 0 Å². The van der Waals surface area contributed by atoms with Crippen LogP contribution < -0.4 is 4.90 Å². The molecule has 0 aliphatic carbocycles. The van der Waals surface area contributed by atoms with Gasteiger partial charge in [0.1, 0.15) is 0 Å². The van der Waals surface area contributed by atoms with Gasteiger partial charge in [-0.25, -0.2) is 4.79 Å². The number of alkyl halides is 3. The van der Waals surface area contributed by atoms with Crippen molar-refractivity contribution in [2.24, 2.45) is 5.41 Å². The van der Waals surface area contributed by atoms with Crippen molar-refractivity contribution in [2.75, 3.05) is 31.1 Å². The van der Waals surface area contributed by atoms with Crippen LogP contribution in [0.25, 0.3) is 0 Å². The van der Waals surface area contributed by atoms with Crippen molar-refractivity contribution in [1.82, 2.24) is 5.06 Å². The Morgan fingerprint density at radius 1 is 1.12 bits per heavy atom. The average Bonchev–Trinajstić information content (AvgIpc) is 2.46. The molecule has 8 heteroatoms. The Morgan fingerprint density at radius 2 is 1.71 bits per heavy atom. The number of hydroxylamine groups is 2. The second-order valence-electron chi connectivity index (χ2n) is 6.71. The molecular weight excluding hydrogens is 389 g/mol. The molecule has 0 amide bonds. The number of hydrogen-bond donors (Lipinski definition) is 0. The third-order valence-corrected chi connectivity index (χ3v) is 4.38. The van der Waals surface area contributed by atoms with E-state index in [4.69, 9.17) is 4.84 Å². The molecule has 0 bridgehead atoms. The number of benzene rings is 1. The summed E-state index contributed by atoms with van der Waals surface area (Å²) in [5.74, 6) is -0.320. The molecule has 2 rings (SSSR count). The van der Waals surface area contributed by atoms with E-state index < -0.39 is 17.2 Å². The van der Waals surface area contributed by atoms with E-state index >= 15 is 0 Å². The first-order valence-electron chi connectivity index (χ1n) is 7.57. The van der Waals surface area contributed by atoms with Gasteiger partial charge in [0.05, 0.1) is 24.1 Å². The van der Waals surface area contributed by atoms with Crippen LogP contribution in [0.4, 0.5) is 18.9 Å². The van der Waals surface area contributed by atoms with Gasteiger partial charge in [0.25, 0.3) is 0 Å². The third kappa shape index (κ3) is 4.63. The minimum atomic E-state index is -4.40. The summed E-state index contributed by atoms with van der Waals surface area (Å²) < 4.78 is 39.0. The molecule has 0 spiro atoms. The highest BCUT2D eigenvalue weighted by molar-refractivity contribution is 9.10. The highest BCUT2D eigenvalue weighted by Crippen LogP contribution is 2.37. The van der Waals surface area contributed by atoms with Gasteiger partial charge >= 0.3 is 12.1 Å². The number of nitrogens with zero attached hydrogens (tertiary/aromatic N) is 2. The van der Waals surface area contributed by atoms with E-state index in [0.29, 0.717) is 31.9 Å². The van der Waals surface area contributed by atoms with Crippen molar-refractivity contribution in [3.63, 3.8) is 0 Å². The van der Waals surface area contributed by atoms with Crippen LogP contribution in [0.2, 0.25) is 0 Å². The summed E-state index contributed by atoms with van der Waals surface area (Å²) in [5.41, 5.74) is -0.779. The fourth-order valence-corrected chi connectivity index (χ4v) is 2.69. The van der Waals surface area contributed by atoms with E-state index in [1.807, 2.05) is 4.90 Å². The van der Waals surface area contributed by atoms with Crippen LogP contribution in [-0.4, -0.2) is 37.2 Å². The first-order valence-corrected chi connectivity index (χ1v) is 8.37. The molecule has 0 radical (unpaired) electrons. The van der Waals surface area contributed by atoms with Crippen molar-refractivity contribution < 1.29 is 22.8 Å². The van der Waals surface area contributed by atoms with Crippen LogP contribution in [0, 0.1) is 5.41 Å². The maximum Gasteiger partial charge on any atom is 0.417 e. The molecule has 1 aromatic carbocycles. The van der Waals surface area contributed by atoms with Gasteiger partial charge in [-0.15, -0.1) is 5.06 Å². The number of halogens is 4. The van der Waals surface area contributed by atoms with E-state index in [1.165, 1.54) is 6.07 Å². The SMILES string of the molecule is CC(C)(C)C(=O)ON1CCN(c2ccc(Br)c(C(F)(F)F)c2)CC1. The Hall–Kier alpha value is -1.28. The van der Waals surface area contributed by atoms with Crippen LogP contribution in [0.1, 0.15) is 26.3 Å². The summed E-state index contributed by atoms with van der Waals surface area (Å²) in [6, 6.07) is 4.20. The fraction of sp³-hybridized carbons (Fsp3) is 0.562. The molecule has 1 heterocycles. The van der Waals surface area contributed by atoms with E-state index in [2.05, 4.69) is 15.9 Å². The highest BCUT2D eigenvalue weighted by atomic mass is 79.9. The quantitative estimate of drug-likeness (QED) is 0.737. The van der Waals surface area contributed by atoms with Crippen LogP contribution in [0.5, 0.6) is 0 Å². The lowest BCUT2D eigenvalue weighted by Crippen LogP contribution is -2.48. The predicted octanol–water partition coefficient (Wildman–Crippen LogP) is 4.09. The zero-order valence-electron chi connectivity index (χ0n) is 13.8. The van der Waals surface area contributed by atoms with Crippen LogP contribution in [0.15, 0.2) is 22.7 Å². The molecule has 0 aromatic heterocycles. The maximum atomic E-state index is 13.0. The lowest BCUT2D eigenvalue weighted by molar-refractivity contribution is -0.201. The number of piperazine rings is 1. The molecule has 1 aromatic rings. The van der Waals surface area contributed by atoms with Crippen molar-refractivity contribution in [2.45, 2.75) is 26.9 Å². The number of anilines is 1. The molecule has 4 nitrogen and oxygen atoms in total. The normalized spacial score (nSPS) is 17.0.